The number of nitrogens with two attached hydrogens (primary N) is 2. The first kappa shape index (κ1) is 32.7. The molecular formula is C32H47N9O3S. The van der Waals surface area contributed by atoms with Gasteiger partial charge in [-0.3, -0.25) is 19.9 Å². The zero-order valence-corrected chi connectivity index (χ0v) is 27.4. The Morgan fingerprint density at radius 2 is 1.87 bits per heavy atom. The van der Waals surface area contributed by atoms with Gasteiger partial charge >= 0.3 is 0 Å². The van der Waals surface area contributed by atoms with Crippen molar-refractivity contribution < 1.29 is 14.3 Å². The number of pyridine rings is 1. The fraction of sp³-hybridized carbons (Fsp3) is 0.562. The van der Waals surface area contributed by atoms with Crippen LogP contribution in [0.1, 0.15) is 48.7 Å². The van der Waals surface area contributed by atoms with E-state index in [-0.39, 0.29) is 17.6 Å². The fourth-order valence-electron chi connectivity index (χ4n) is 6.86. The number of carbonyl (C=O) groups is 2. The summed E-state index contributed by atoms with van der Waals surface area (Å²) in [4.78, 5) is 41.0. The summed E-state index contributed by atoms with van der Waals surface area (Å²) >= 11 is 1.47. The molecule has 4 heterocycles. The molecule has 5 rings (SSSR count). The van der Waals surface area contributed by atoms with Crippen LogP contribution in [-0.4, -0.2) is 105 Å². The van der Waals surface area contributed by atoms with Crippen LogP contribution in [0.2, 0.25) is 0 Å². The van der Waals surface area contributed by atoms with E-state index >= 15 is 0 Å². The molecule has 2 amide bonds. The van der Waals surface area contributed by atoms with Crippen LogP contribution in [-0.2, 0) is 26.2 Å². The second-order valence-electron chi connectivity index (χ2n) is 12.1. The van der Waals surface area contributed by atoms with Gasteiger partial charge in [0, 0.05) is 81.7 Å². The molecule has 1 atom stereocenters. The van der Waals surface area contributed by atoms with E-state index in [4.69, 9.17) is 26.6 Å². The van der Waals surface area contributed by atoms with Gasteiger partial charge in [0.05, 0.1) is 17.7 Å². The van der Waals surface area contributed by atoms with Gasteiger partial charge < -0.3 is 36.2 Å². The van der Waals surface area contributed by atoms with E-state index in [0.29, 0.717) is 62.0 Å². The van der Waals surface area contributed by atoms with Crippen LogP contribution in [0.3, 0.4) is 0 Å². The number of amides is 2. The number of hydrogen-bond acceptors (Lipinski definition) is 11. The van der Waals surface area contributed by atoms with E-state index in [1.807, 2.05) is 13.0 Å². The lowest BCUT2D eigenvalue weighted by atomic mass is 9.69. The molecule has 0 spiro atoms. The normalized spacial score (nSPS) is 20.8. The molecule has 0 bridgehead atoms. The van der Waals surface area contributed by atoms with Crippen molar-refractivity contribution in [3.8, 4) is 0 Å². The van der Waals surface area contributed by atoms with Crippen molar-refractivity contribution in [1.29, 1.82) is 5.41 Å². The van der Waals surface area contributed by atoms with Crippen molar-refractivity contribution in [3.05, 3.63) is 40.9 Å². The minimum Gasteiger partial charge on any atom is -0.396 e. The molecule has 2 aromatic heterocycles. The topological polar surface area (TPSA) is 157 Å². The number of hydrogen-bond donors (Lipinski definition) is 4. The highest BCUT2D eigenvalue weighted by Gasteiger charge is 2.45. The van der Waals surface area contributed by atoms with E-state index in [0.717, 1.165) is 73.9 Å². The summed E-state index contributed by atoms with van der Waals surface area (Å²) in [6.07, 6.45) is 5.25. The average molecular weight is 638 g/mol. The third-order valence-electron chi connectivity index (χ3n) is 9.52. The Labute approximate surface area is 269 Å². The first-order valence-corrected chi connectivity index (χ1v) is 16.7. The van der Waals surface area contributed by atoms with Crippen molar-refractivity contribution in [2.45, 2.75) is 44.4 Å². The predicted molar refractivity (Wildman–Crippen MR) is 181 cm³/mol. The standard InChI is InChI=1S/C32H47N9O3S/c1-4-26(42)41-16-14-39(15-17-41)22-20-23(36-25(21-22)40-11-7-10-38(12-13-40)18-19-44-3)29(34)37-31(43)32(5-2)9-6-8-24-27(32)28(33)30(35)45-24/h4,20-21H,1,5-19,33,35H2,2-3H3,(H2,34,37,43)/t32-/m0/s1. The van der Waals surface area contributed by atoms with Crippen LogP contribution in [0.5, 0.6) is 0 Å². The number of nitrogen functional groups attached to an aromatic ring is 2. The second kappa shape index (κ2) is 14.2. The third-order valence-corrected chi connectivity index (χ3v) is 10.6. The van der Waals surface area contributed by atoms with Gasteiger partial charge in [-0.05, 0) is 50.8 Å². The fourth-order valence-corrected chi connectivity index (χ4v) is 7.99. The average Bonchev–Trinajstić information content (AvgIpc) is 3.20. The highest BCUT2D eigenvalue weighted by Crippen LogP contribution is 2.49. The number of ether oxygens (including phenoxy) is 1. The summed E-state index contributed by atoms with van der Waals surface area (Å²) in [5.41, 5.74) is 14.4. The van der Waals surface area contributed by atoms with E-state index in [1.54, 1.807) is 12.0 Å². The van der Waals surface area contributed by atoms with Crippen LogP contribution in [0.25, 0.3) is 0 Å². The Bertz CT molecular complexity index is 1420. The van der Waals surface area contributed by atoms with Crippen molar-refractivity contribution in [1.82, 2.24) is 20.1 Å². The van der Waals surface area contributed by atoms with Gasteiger partial charge in [-0.15, -0.1) is 11.3 Å². The van der Waals surface area contributed by atoms with Crippen LogP contribution < -0.4 is 26.6 Å². The number of thiophene rings is 1. The zero-order valence-electron chi connectivity index (χ0n) is 26.6. The van der Waals surface area contributed by atoms with E-state index in [2.05, 4.69) is 32.7 Å². The Morgan fingerprint density at radius 1 is 1.11 bits per heavy atom. The third kappa shape index (κ3) is 6.80. The lowest BCUT2D eigenvalue weighted by Crippen LogP contribution is -2.49. The van der Waals surface area contributed by atoms with E-state index < -0.39 is 5.41 Å². The molecule has 0 unspecified atom stereocenters. The molecule has 0 radical (unpaired) electrons. The van der Waals surface area contributed by atoms with Gasteiger partial charge in [0.2, 0.25) is 11.8 Å². The summed E-state index contributed by atoms with van der Waals surface area (Å²) < 4.78 is 5.30. The quantitative estimate of drug-likeness (QED) is 0.184. The molecule has 1 aliphatic carbocycles. The van der Waals surface area contributed by atoms with E-state index in [9.17, 15) is 9.59 Å². The molecule has 244 valence electrons. The summed E-state index contributed by atoms with van der Waals surface area (Å²) in [7, 11) is 1.72. The van der Waals surface area contributed by atoms with Crippen LogP contribution in [0.15, 0.2) is 24.8 Å². The zero-order chi connectivity index (χ0) is 32.1. The SMILES string of the molecule is C=CC(=O)N1CCN(c2cc(C(=N)NC(=O)[C@@]3(CC)CCCc4sc(N)c(N)c43)nc(N3CCCN(CCOC)CC3)c2)CC1. The largest absolute Gasteiger partial charge is 0.396 e. The van der Waals surface area contributed by atoms with Gasteiger partial charge in [0.15, 0.2) is 5.84 Å². The summed E-state index contributed by atoms with van der Waals surface area (Å²) in [5.74, 6) is 0.428. The van der Waals surface area contributed by atoms with Crippen LogP contribution >= 0.6 is 11.3 Å². The van der Waals surface area contributed by atoms with Crippen molar-refractivity contribution in [2.75, 3.05) is 93.9 Å². The lowest BCUT2D eigenvalue weighted by Gasteiger charge is -2.37. The van der Waals surface area contributed by atoms with Gasteiger partial charge in [0.25, 0.3) is 0 Å². The second-order valence-corrected chi connectivity index (χ2v) is 13.2. The Kier molecular flexibility index (Phi) is 10.3. The molecule has 2 saturated heterocycles. The lowest BCUT2D eigenvalue weighted by molar-refractivity contribution is -0.126. The number of aryl methyl sites for hydroxylation is 1. The maximum atomic E-state index is 14.1. The number of nitrogens with zero attached hydrogens (tertiary/aromatic N) is 5. The van der Waals surface area contributed by atoms with Gasteiger partial charge in [-0.2, -0.15) is 0 Å². The molecule has 6 N–H and O–H groups in total. The molecule has 3 aliphatic rings. The molecule has 2 fully saturated rings. The van der Waals surface area contributed by atoms with Gasteiger partial charge in [-0.1, -0.05) is 13.5 Å². The summed E-state index contributed by atoms with van der Waals surface area (Å²) in [6, 6.07) is 3.95. The minimum absolute atomic E-state index is 0.0400. The van der Waals surface area contributed by atoms with Crippen molar-refractivity contribution >= 4 is 51.2 Å². The number of piperazine rings is 1. The molecule has 0 saturated carbocycles. The van der Waals surface area contributed by atoms with E-state index in [1.165, 1.54) is 17.4 Å². The Balaban J connectivity index is 1.42. The predicted octanol–water partition coefficient (Wildman–Crippen LogP) is 2.43. The Morgan fingerprint density at radius 3 is 2.58 bits per heavy atom. The van der Waals surface area contributed by atoms with Crippen molar-refractivity contribution in [2.24, 2.45) is 0 Å². The number of nitrogens with one attached hydrogen (secondary N) is 2. The summed E-state index contributed by atoms with van der Waals surface area (Å²) in [6.45, 7) is 13.1. The number of amidine groups is 1. The molecule has 12 nitrogen and oxygen atoms in total. The maximum Gasteiger partial charge on any atom is 0.246 e. The molecule has 45 heavy (non-hydrogen) atoms. The van der Waals surface area contributed by atoms with Crippen LogP contribution in [0, 0.1) is 5.41 Å². The van der Waals surface area contributed by atoms with Crippen LogP contribution in [0.4, 0.5) is 22.2 Å². The van der Waals surface area contributed by atoms with Crippen molar-refractivity contribution in [3.63, 3.8) is 0 Å². The number of aromatic nitrogens is 1. The smallest absolute Gasteiger partial charge is 0.246 e. The number of fused-ring (bicyclic) bond motifs is 1. The number of anilines is 4. The monoisotopic (exact) mass is 637 g/mol. The molecule has 13 heteroatoms. The number of rotatable bonds is 9. The highest BCUT2D eigenvalue weighted by atomic mass is 32.1. The summed E-state index contributed by atoms with van der Waals surface area (Å²) in [5, 5.41) is 12.6. The maximum absolute atomic E-state index is 14.1. The number of carbonyl (C=O) groups excluding carboxylic acids is 2. The molecular weight excluding hydrogens is 590 g/mol. The molecule has 2 aromatic rings. The highest BCUT2D eigenvalue weighted by molar-refractivity contribution is 7.16. The minimum atomic E-state index is -0.844. The van der Waals surface area contributed by atoms with Gasteiger partial charge in [0.1, 0.15) is 16.5 Å². The number of methoxy groups -OCH3 is 1. The molecule has 2 aliphatic heterocycles. The van der Waals surface area contributed by atoms with Gasteiger partial charge in [-0.25, -0.2) is 4.98 Å². The first-order valence-electron chi connectivity index (χ1n) is 15.9. The Hall–Kier alpha value is -3.68. The first-order chi connectivity index (χ1) is 21.7. The molecule has 0 aromatic carbocycles.